The maximum Gasteiger partial charge on any atom is 0.0991 e. The molecule has 2 heteroatoms. The van der Waals surface area contributed by atoms with Gasteiger partial charge < -0.3 is 6.15 Å². The van der Waals surface area contributed by atoms with Gasteiger partial charge in [0.05, 0.1) is 11.6 Å². The Hall–Kier alpha value is -2.11. The molecule has 1 unspecified atom stereocenters. The summed E-state index contributed by atoms with van der Waals surface area (Å²) in [6.45, 7) is 2.22. The third kappa shape index (κ3) is 3.44. The highest BCUT2D eigenvalue weighted by Gasteiger charge is 2.06. The van der Waals surface area contributed by atoms with Crippen LogP contribution in [-0.4, -0.2) is 0 Å². The van der Waals surface area contributed by atoms with Gasteiger partial charge in [-0.2, -0.15) is 5.26 Å². The topological polar surface area (TPSA) is 58.8 Å². The number of nitrogens with zero attached hydrogens (tertiary/aromatic N) is 1. The Morgan fingerprint density at radius 1 is 1.06 bits per heavy atom. The molecule has 2 rings (SSSR count). The third-order valence-corrected chi connectivity index (χ3v) is 2.97. The Balaban J connectivity index is 0.00000162. The van der Waals surface area contributed by atoms with Gasteiger partial charge in [-0.25, -0.2) is 0 Å². The van der Waals surface area contributed by atoms with Crippen molar-refractivity contribution in [3.63, 3.8) is 0 Å². The summed E-state index contributed by atoms with van der Waals surface area (Å²) in [6.07, 6.45) is 0.972. The zero-order valence-electron chi connectivity index (χ0n) is 10.6. The quantitative estimate of drug-likeness (QED) is 0.876. The summed E-state index contributed by atoms with van der Waals surface area (Å²) < 4.78 is 0. The van der Waals surface area contributed by atoms with Crippen LogP contribution in [0, 0.1) is 11.3 Å². The van der Waals surface area contributed by atoms with Gasteiger partial charge in [-0.05, 0) is 35.6 Å². The lowest BCUT2D eigenvalue weighted by atomic mass is 9.93. The molecular weight excluding hydrogens is 220 g/mol. The number of hydrogen-bond acceptors (Lipinski definition) is 2. The monoisotopic (exact) mass is 238 g/mol. The maximum absolute atomic E-state index is 8.86. The fourth-order valence-corrected chi connectivity index (χ4v) is 2.02. The minimum Gasteiger partial charge on any atom is -0.344 e. The molecule has 0 radical (unpaired) electrons. The van der Waals surface area contributed by atoms with Gasteiger partial charge in [0, 0.05) is 0 Å². The van der Waals surface area contributed by atoms with Crippen molar-refractivity contribution in [3.8, 4) is 6.07 Å². The summed E-state index contributed by atoms with van der Waals surface area (Å²) >= 11 is 0. The first-order chi connectivity index (χ1) is 8.29. The van der Waals surface area contributed by atoms with E-state index in [1.54, 1.807) is 0 Å². The number of rotatable bonds is 3. The van der Waals surface area contributed by atoms with Crippen molar-refractivity contribution in [3.05, 3.63) is 71.3 Å². The lowest BCUT2D eigenvalue weighted by Crippen LogP contribution is -1.98. The van der Waals surface area contributed by atoms with Gasteiger partial charge >= 0.3 is 0 Å². The van der Waals surface area contributed by atoms with Gasteiger partial charge in [-0.1, -0.05) is 49.4 Å². The van der Waals surface area contributed by atoms with Crippen molar-refractivity contribution in [2.24, 2.45) is 0 Å². The molecule has 0 heterocycles. The van der Waals surface area contributed by atoms with Crippen LogP contribution in [0.3, 0.4) is 0 Å². The van der Waals surface area contributed by atoms with Gasteiger partial charge in [-0.15, -0.1) is 0 Å². The molecule has 0 bridgehead atoms. The van der Waals surface area contributed by atoms with Crippen molar-refractivity contribution in [2.45, 2.75) is 19.3 Å². The normalized spacial score (nSPS) is 11.1. The molecule has 0 aliphatic heterocycles. The molecule has 2 aromatic rings. The average Bonchev–Trinajstić information content (AvgIpc) is 2.40. The zero-order valence-corrected chi connectivity index (χ0v) is 10.6. The summed E-state index contributed by atoms with van der Waals surface area (Å²) in [5, 5.41) is 8.86. The zero-order chi connectivity index (χ0) is 12.1. The van der Waals surface area contributed by atoms with Crippen LogP contribution >= 0.6 is 0 Å². The first kappa shape index (κ1) is 14.0. The summed E-state index contributed by atoms with van der Waals surface area (Å²) in [6, 6.07) is 20.5. The molecule has 92 valence electrons. The Kier molecular flexibility index (Phi) is 5.10. The second-order valence-corrected chi connectivity index (χ2v) is 4.33. The van der Waals surface area contributed by atoms with E-state index in [9.17, 15) is 0 Å². The summed E-state index contributed by atoms with van der Waals surface area (Å²) in [4.78, 5) is 0. The Morgan fingerprint density at radius 3 is 2.44 bits per heavy atom. The predicted octanol–water partition coefficient (Wildman–Crippen LogP) is 4.07. The summed E-state index contributed by atoms with van der Waals surface area (Å²) in [5.74, 6) is 0.477. The minimum atomic E-state index is 0. The van der Waals surface area contributed by atoms with E-state index in [0.717, 1.165) is 12.0 Å². The van der Waals surface area contributed by atoms with Gasteiger partial charge in [-0.3, -0.25) is 0 Å². The van der Waals surface area contributed by atoms with Gasteiger partial charge in [0.2, 0.25) is 0 Å². The molecular formula is C16H18N2. The molecule has 2 nitrogen and oxygen atoms in total. The fraction of sp³-hybridized carbons (Fsp3) is 0.188. The van der Waals surface area contributed by atoms with E-state index in [1.165, 1.54) is 11.1 Å². The molecule has 2 aromatic carbocycles. The van der Waals surface area contributed by atoms with Gasteiger partial charge in [0.25, 0.3) is 0 Å². The average molecular weight is 238 g/mol. The van der Waals surface area contributed by atoms with Crippen LogP contribution < -0.4 is 6.15 Å². The first-order valence-electron chi connectivity index (χ1n) is 5.83. The molecule has 3 N–H and O–H groups in total. The van der Waals surface area contributed by atoms with Crippen LogP contribution in [0.4, 0.5) is 0 Å². The standard InChI is InChI=1S/C16H15N.H3N/c1-13(16-8-3-2-4-9-16)10-14-6-5-7-15(11-14)12-17;/h2-9,11,13H,10H2,1H3;1H3. The lowest BCUT2D eigenvalue weighted by molar-refractivity contribution is 0.759. The molecule has 0 amide bonds. The van der Waals surface area contributed by atoms with Crippen molar-refractivity contribution in [2.75, 3.05) is 0 Å². The van der Waals surface area contributed by atoms with E-state index >= 15 is 0 Å². The number of nitriles is 1. The highest BCUT2D eigenvalue weighted by Crippen LogP contribution is 2.20. The van der Waals surface area contributed by atoms with E-state index in [2.05, 4.69) is 43.3 Å². The molecule has 0 spiro atoms. The third-order valence-electron chi connectivity index (χ3n) is 2.97. The van der Waals surface area contributed by atoms with Crippen molar-refractivity contribution < 1.29 is 0 Å². The van der Waals surface area contributed by atoms with E-state index in [-0.39, 0.29) is 6.15 Å². The molecule has 18 heavy (non-hydrogen) atoms. The molecule has 0 aromatic heterocycles. The van der Waals surface area contributed by atoms with E-state index in [0.29, 0.717) is 5.92 Å². The van der Waals surface area contributed by atoms with E-state index in [1.807, 2.05) is 24.3 Å². The minimum absolute atomic E-state index is 0. The van der Waals surface area contributed by atoms with Crippen molar-refractivity contribution in [1.29, 1.82) is 5.26 Å². The molecule has 0 saturated carbocycles. The molecule has 0 saturated heterocycles. The van der Waals surface area contributed by atoms with Crippen LogP contribution in [0.15, 0.2) is 54.6 Å². The van der Waals surface area contributed by atoms with Crippen molar-refractivity contribution in [1.82, 2.24) is 6.15 Å². The maximum atomic E-state index is 8.86. The van der Waals surface area contributed by atoms with Crippen LogP contribution in [0.1, 0.15) is 29.5 Å². The first-order valence-corrected chi connectivity index (χ1v) is 5.83. The molecule has 1 atom stereocenters. The van der Waals surface area contributed by atoms with Crippen LogP contribution in [-0.2, 0) is 6.42 Å². The predicted molar refractivity (Wildman–Crippen MR) is 74.7 cm³/mol. The molecule has 0 aliphatic carbocycles. The molecule has 0 aliphatic rings. The largest absolute Gasteiger partial charge is 0.344 e. The van der Waals surface area contributed by atoms with Crippen LogP contribution in [0.25, 0.3) is 0 Å². The highest BCUT2D eigenvalue weighted by molar-refractivity contribution is 5.34. The lowest BCUT2D eigenvalue weighted by Gasteiger charge is -2.11. The smallest absolute Gasteiger partial charge is 0.0991 e. The Bertz CT molecular complexity index is 526. The summed E-state index contributed by atoms with van der Waals surface area (Å²) in [7, 11) is 0. The number of hydrogen-bond donors (Lipinski definition) is 1. The van der Waals surface area contributed by atoms with Gasteiger partial charge in [0.15, 0.2) is 0 Å². The SMILES string of the molecule is CC(Cc1cccc(C#N)c1)c1ccccc1.N. The van der Waals surface area contributed by atoms with E-state index in [4.69, 9.17) is 5.26 Å². The fourth-order valence-electron chi connectivity index (χ4n) is 2.02. The number of benzene rings is 2. The van der Waals surface area contributed by atoms with Crippen LogP contribution in [0.2, 0.25) is 0 Å². The van der Waals surface area contributed by atoms with Crippen molar-refractivity contribution >= 4 is 0 Å². The Morgan fingerprint density at radius 2 is 1.78 bits per heavy atom. The van der Waals surface area contributed by atoms with E-state index < -0.39 is 0 Å². The second-order valence-electron chi connectivity index (χ2n) is 4.33. The highest BCUT2D eigenvalue weighted by atomic mass is 14.2. The second kappa shape index (κ2) is 6.58. The summed E-state index contributed by atoms with van der Waals surface area (Å²) in [5.41, 5.74) is 3.30. The molecule has 0 fully saturated rings. The Labute approximate surface area is 108 Å². The van der Waals surface area contributed by atoms with Crippen LogP contribution in [0.5, 0.6) is 0 Å². The van der Waals surface area contributed by atoms with Gasteiger partial charge in [0.1, 0.15) is 0 Å².